The molecule has 0 saturated carbocycles. The zero-order chi connectivity index (χ0) is 60.7. The second-order valence-corrected chi connectivity index (χ2v) is 24.2. The van der Waals surface area contributed by atoms with Crippen LogP contribution in [0.1, 0.15) is 64.6 Å². The molecule has 3 amide bonds. The summed E-state index contributed by atoms with van der Waals surface area (Å²) in [5, 5.41) is 7.46. The van der Waals surface area contributed by atoms with Gasteiger partial charge < -0.3 is 9.80 Å². The zero-order valence-corrected chi connectivity index (χ0v) is 49.6. The quantitative estimate of drug-likeness (QED) is 0.121. The summed E-state index contributed by atoms with van der Waals surface area (Å²) in [7, 11) is 0. The Hall–Kier alpha value is -8.52. The highest BCUT2D eigenvalue weighted by atomic mass is 35.5. The molecule has 3 aliphatic rings. The van der Waals surface area contributed by atoms with E-state index >= 15 is 0 Å². The van der Waals surface area contributed by atoms with Gasteiger partial charge in [0.2, 0.25) is 0 Å². The highest BCUT2D eigenvalue weighted by molar-refractivity contribution is 7.17. The summed E-state index contributed by atoms with van der Waals surface area (Å²) < 4.78 is 83.7. The number of para-hydroxylation sites is 3. The first-order chi connectivity index (χ1) is 41.1. The molecule has 20 heteroatoms. The average molecular weight is 1250 g/mol. The van der Waals surface area contributed by atoms with Crippen LogP contribution in [0, 0.1) is 0 Å². The number of nitrogens with zero attached hydrogens (tertiary/aromatic N) is 6. The molecule has 10 aromatic rings. The van der Waals surface area contributed by atoms with Crippen molar-refractivity contribution in [3.63, 3.8) is 0 Å². The summed E-state index contributed by atoms with van der Waals surface area (Å²) in [6.45, 7) is 3.26. The number of anilines is 4. The van der Waals surface area contributed by atoms with Crippen LogP contribution in [0.3, 0.4) is 0 Å². The van der Waals surface area contributed by atoms with Crippen molar-refractivity contribution >= 4 is 142 Å². The molecule has 3 aliphatic heterocycles. The van der Waals surface area contributed by atoms with Gasteiger partial charge >= 0.3 is 0 Å². The van der Waals surface area contributed by atoms with Gasteiger partial charge in [-0.1, -0.05) is 114 Å². The molecule has 7 aromatic carbocycles. The smallest absolute Gasteiger partial charge is 0.282 e. The molecule has 3 aromatic heterocycles. The molecule has 13 rings (SSSR count). The molecule has 0 spiro atoms. The van der Waals surface area contributed by atoms with Gasteiger partial charge in [-0.2, -0.15) is 11.3 Å². The number of fused-ring (bicyclic) bond motifs is 4. The van der Waals surface area contributed by atoms with Gasteiger partial charge in [-0.3, -0.25) is 19.3 Å². The molecule has 6 heterocycles. The number of halogens is 8. The first kappa shape index (κ1) is 59.2. The van der Waals surface area contributed by atoms with Crippen LogP contribution >= 0.6 is 57.2 Å². The van der Waals surface area contributed by atoms with Crippen molar-refractivity contribution in [2.45, 2.75) is 51.6 Å². The Balaban J connectivity index is 0.000000135. The number of carbonyl (C=O) groups is 3. The van der Waals surface area contributed by atoms with Crippen molar-refractivity contribution in [3.05, 3.63) is 251 Å². The van der Waals surface area contributed by atoms with Crippen molar-refractivity contribution in [2.75, 3.05) is 14.7 Å². The Morgan fingerprint density at radius 2 is 0.942 bits per heavy atom. The minimum absolute atomic E-state index is 0.132. The molecule has 0 atom stereocenters. The second kappa shape index (κ2) is 24.1. The van der Waals surface area contributed by atoms with E-state index in [9.17, 15) is 40.7 Å². The van der Waals surface area contributed by atoms with Crippen molar-refractivity contribution in [3.8, 4) is 0 Å². The third-order valence-electron chi connectivity index (χ3n) is 14.0. The molecule has 432 valence electrons. The summed E-state index contributed by atoms with van der Waals surface area (Å²) in [4.78, 5) is 58.7. The number of hydrogen-bond donors (Lipinski definition) is 0. The minimum Gasteiger partial charge on any atom is -0.302 e. The lowest BCUT2D eigenvalue weighted by Crippen LogP contribution is -2.29. The number of alkyl halides is 6. The highest BCUT2D eigenvalue weighted by Gasteiger charge is 2.38. The van der Waals surface area contributed by atoms with Crippen LogP contribution in [0.2, 0.25) is 9.36 Å². The van der Waals surface area contributed by atoms with E-state index in [1.54, 1.807) is 50.3 Å². The molecule has 0 saturated heterocycles. The Kier molecular flexibility index (Phi) is 16.6. The fraction of sp³-hybridized carbons (Fsp3) is 0.121. The van der Waals surface area contributed by atoms with Crippen LogP contribution in [0.15, 0.2) is 213 Å². The summed E-state index contributed by atoms with van der Waals surface area (Å²) >= 11 is 16.7. The van der Waals surface area contributed by atoms with Gasteiger partial charge in [0.1, 0.15) is 17.1 Å². The van der Waals surface area contributed by atoms with Crippen molar-refractivity contribution in [1.82, 2.24) is 0 Å². The lowest BCUT2D eigenvalue weighted by atomic mass is 10.1. The molecule has 0 bridgehead atoms. The molecule has 86 heavy (non-hydrogen) atoms. The first-order valence-corrected chi connectivity index (χ1v) is 29.9. The van der Waals surface area contributed by atoms with E-state index in [0.29, 0.717) is 56.2 Å². The van der Waals surface area contributed by atoms with Crippen LogP contribution in [0.5, 0.6) is 0 Å². The molecule has 0 unspecified atom stereocenters. The van der Waals surface area contributed by atoms with Crippen molar-refractivity contribution in [1.29, 1.82) is 0 Å². The Morgan fingerprint density at radius 1 is 0.477 bits per heavy atom. The van der Waals surface area contributed by atoms with Gasteiger partial charge in [0.05, 0.1) is 57.2 Å². The van der Waals surface area contributed by atoms with E-state index in [4.69, 9.17) is 23.2 Å². The number of thiophene rings is 3. The van der Waals surface area contributed by atoms with Gasteiger partial charge in [0, 0.05) is 74.1 Å². The van der Waals surface area contributed by atoms with Gasteiger partial charge in [0.15, 0.2) is 0 Å². The van der Waals surface area contributed by atoms with Crippen LogP contribution in [-0.2, 0) is 45.2 Å². The topological polar surface area (TPSA) is 98.0 Å². The van der Waals surface area contributed by atoms with Crippen molar-refractivity contribution < 1.29 is 40.7 Å². The summed E-state index contributed by atoms with van der Waals surface area (Å²) in [5.74, 6) is -9.71. The van der Waals surface area contributed by atoms with Gasteiger partial charge in [-0.05, 0) is 113 Å². The Morgan fingerprint density at radius 3 is 1.41 bits per heavy atom. The standard InChI is InChI=1S/C25H17ClF2N2OS.C21H15ClF2N2OS.C20H14F2N2OS/c1-25(27,28)16-5-4-6-18(11-16)29-23-19-7-2-3-8-21(19)30(24(23)31)13-15-14-32-22-10-9-17(26)12-20(15)22;1-21(23,24)13-5-4-6-14(11-13)25-19-16-7-2-3-8-17(16)26(20(19)27)12-15-9-10-18(22)28-15;1-20(21,22)13-5-4-6-14(11-13)23-18-16-7-2-3-8-17(16)24(19(18)25)15-9-10-26-12-15/h2-12,14H,13H2,1H3;2-11H,12H2,1H3;2-12H,1H3. The predicted molar refractivity (Wildman–Crippen MR) is 336 cm³/mol. The summed E-state index contributed by atoms with van der Waals surface area (Å²) in [5.41, 5.74) is 7.34. The monoisotopic (exact) mass is 1250 g/mol. The van der Waals surface area contributed by atoms with Crippen LogP contribution < -0.4 is 14.7 Å². The van der Waals surface area contributed by atoms with E-state index < -0.39 is 17.8 Å². The van der Waals surface area contributed by atoms with Gasteiger partial charge in [0.25, 0.3) is 35.5 Å². The van der Waals surface area contributed by atoms with Crippen LogP contribution in [0.4, 0.5) is 66.2 Å². The molecular weight excluding hydrogens is 1210 g/mol. The number of hydrogen-bond acceptors (Lipinski definition) is 9. The second-order valence-electron chi connectivity index (χ2n) is 20.3. The maximum atomic E-state index is 13.8. The van der Waals surface area contributed by atoms with E-state index in [1.165, 1.54) is 77.3 Å². The Bertz CT molecular complexity index is 4350. The summed E-state index contributed by atoms with van der Waals surface area (Å²) in [6.07, 6.45) is 0. The third-order valence-corrected chi connectivity index (χ3v) is 17.2. The molecule has 9 nitrogen and oxygen atoms in total. The summed E-state index contributed by atoms with van der Waals surface area (Å²) in [6, 6.07) is 50.7. The number of amides is 3. The number of aliphatic imine (C=N–C) groups is 3. The van der Waals surface area contributed by atoms with Gasteiger partial charge in [-0.15, -0.1) is 22.7 Å². The number of benzene rings is 7. The van der Waals surface area contributed by atoms with E-state index in [-0.39, 0.29) is 51.5 Å². The number of carbonyl (C=O) groups excluding carboxylic acids is 3. The van der Waals surface area contributed by atoms with Crippen LogP contribution in [-0.4, -0.2) is 34.9 Å². The molecule has 0 fully saturated rings. The fourth-order valence-corrected chi connectivity index (χ4v) is 12.7. The van der Waals surface area contributed by atoms with Crippen LogP contribution in [0.25, 0.3) is 10.1 Å². The predicted octanol–water partition coefficient (Wildman–Crippen LogP) is 19.2. The largest absolute Gasteiger partial charge is 0.302 e. The van der Waals surface area contributed by atoms with E-state index in [0.717, 1.165) is 64.0 Å². The first-order valence-electron chi connectivity index (χ1n) is 26.5. The maximum absolute atomic E-state index is 13.8. The van der Waals surface area contributed by atoms with Crippen molar-refractivity contribution in [2.24, 2.45) is 15.0 Å². The van der Waals surface area contributed by atoms with Gasteiger partial charge in [-0.25, -0.2) is 41.3 Å². The van der Waals surface area contributed by atoms with E-state index in [1.807, 2.05) is 119 Å². The molecule has 0 aliphatic carbocycles. The normalized spacial score (nSPS) is 15.3. The number of rotatable bonds is 11. The lowest BCUT2D eigenvalue weighted by Gasteiger charge is -2.16. The molecular formula is C66H46Cl2F6N6O3S3. The fourth-order valence-electron chi connectivity index (χ4n) is 9.87. The average Bonchev–Trinajstić information content (AvgIpc) is 1.97. The molecule has 0 radical (unpaired) electrons. The third kappa shape index (κ3) is 12.6. The maximum Gasteiger partial charge on any atom is 0.282 e. The Labute approximate surface area is 512 Å². The zero-order valence-electron chi connectivity index (χ0n) is 45.6. The highest BCUT2D eigenvalue weighted by Crippen LogP contribution is 2.41. The molecule has 0 N–H and O–H groups in total. The lowest BCUT2D eigenvalue weighted by molar-refractivity contribution is -0.113. The van der Waals surface area contributed by atoms with E-state index in [2.05, 4.69) is 15.0 Å². The minimum atomic E-state index is -2.99. The SMILES string of the molecule is CC(F)(F)c1cccc(N=C2C(=O)N(Cc3ccc(Cl)s3)c3ccccc32)c1.CC(F)(F)c1cccc(N=C2C(=O)N(Cc3csc4ccc(Cl)cc34)c3ccccc32)c1.CC(F)(F)c1cccc(N=C2C(=O)N(c3ccsc3)c3ccccc32)c1.